The van der Waals surface area contributed by atoms with E-state index in [4.69, 9.17) is 0 Å². The summed E-state index contributed by atoms with van der Waals surface area (Å²) in [7, 11) is 0. The van der Waals surface area contributed by atoms with Crippen molar-refractivity contribution in [3.63, 3.8) is 0 Å². The van der Waals surface area contributed by atoms with Crippen molar-refractivity contribution in [1.82, 2.24) is 4.98 Å². The van der Waals surface area contributed by atoms with Gasteiger partial charge in [0, 0.05) is 6.42 Å². The molecule has 4 heteroatoms. The summed E-state index contributed by atoms with van der Waals surface area (Å²) in [5.41, 5.74) is 4.56. The highest BCUT2D eigenvalue weighted by Gasteiger charge is 2.10. The zero-order valence-electron chi connectivity index (χ0n) is 12.7. The van der Waals surface area contributed by atoms with E-state index in [1.807, 2.05) is 30.3 Å². The van der Waals surface area contributed by atoms with Crippen LogP contribution in [0.4, 0.5) is 5.13 Å². The number of aryl methyl sites for hydroxylation is 3. The highest BCUT2D eigenvalue weighted by Crippen LogP contribution is 2.29. The molecule has 1 aromatic heterocycles. The molecule has 0 aliphatic heterocycles. The second kappa shape index (κ2) is 6.28. The number of carbonyl (C=O) groups is 1. The van der Waals surface area contributed by atoms with Gasteiger partial charge in [0.1, 0.15) is 0 Å². The van der Waals surface area contributed by atoms with E-state index in [2.05, 4.69) is 36.3 Å². The van der Waals surface area contributed by atoms with Gasteiger partial charge in [-0.3, -0.25) is 4.79 Å². The van der Waals surface area contributed by atoms with Crippen LogP contribution in [0.5, 0.6) is 0 Å². The minimum Gasteiger partial charge on any atom is -0.302 e. The van der Waals surface area contributed by atoms with E-state index in [1.165, 1.54) is 28.0 Å². The van der Waals surface area contributed by atoms with Gasteiger partial charge in [0.25, 0.3) is 0 Å². The van der Waals surface area contributed by atoms with E-state index >= 15 is 0 Å². The van der Waals surface area contributed by atoms with Crippen molar-refractivity contribution >= 4 is 32.6 Å². The summed E-state index contributed by atoms with van der Waals surface area (Å²) in [5.74, 6) is 0.0114. The summed E-state index contributed by atoms with van der Waals surface area (Å²) in [6.45, 7) is 4.14. The molecule has 0 fully saturated rings. The van der Waals surface area contributed by atoms with Crippen LogP contribution in [0.25, 0.3) is 10.2 Å². The van der Waals surface area contributed by atoms with Gasteiger partial charge >= 0.3 is 0 Å². The van der Waals surface area contributed by atoms with Gasteiger partial charge in [0.15, 0.2) is 5.13 Å². The average Bonchev–Trinajstić information content (AvgIpc) is 2.93. The summed E-state index contributed by atoms with van der Waals surface area (Å²) >= 11 is 1.53. The Kier molecular flexibility index (Phi) is 4.20. The number of thiazole rings is 1. The number of carbonyl (C=O) groups excluding carboxylic acids is 1. The molecule has 0 aliphatic rings. The van der Waals surface area contributed by atoms with E-state index < -0.39 is 0 Å². The molecule has 3 nitrogen and oxygen atoms in total. The molecule has 0 unspecified atom stereocenters. The van der Waals surface area contributed by atoms with E-state index in [0.717, 1.165) is 16.6 Å². The molecule has 0 bridgehead atoms. The van der Waals surface area contributed by atoms with Gasteiger partial charge in [-0.25, -0.2) is 4.98 Å². The molecule has 112 valence electrons. The second-order valence-electron chi connectivity index (χ2n) is 5.41. The first kappa shape index (κ1) is 14.7. The van der Waals surface area contributed by atoms with Crippen LogP contribution < -0.4 is 5.32 Å². The fraction of sp³-hybridized carbons (Fsp3) is 0.222. The van der Waals surface area contributed by atoms with Gasteiger partial charge in [-0.1, -0.05) is 47.7 Å². The van der Waals surface area contributed by atoms with Gasteiger partial charge in [0.05, 0.1) is 10.2 Å². The van der Waals surface area contributed by atoms with Gasteiger partial charge in [-0.05, 0) is 43.0 Å². The van der Waals surface area contributed by atoms with Gasteiger partial charge in [0.2, 0.25) is 5.91 Å². The first-order chi connectivity index (χ1) is 10.6. The standard InChI is InChI=1S/C18H18N2OS/c1-12-8-10-15-17(13(12)2)20-18(22-15)19-16(21)11-9-14-6-4-3-5-7-14/h3-8,10H,9,11H2,1-2H3,(H,19,20,21). The number of hydrogen-bond donors (Lipinski definition) is 1. The number of aromatic nitrogens is 1. The molecule has 0 saturated carbocycles. The Labute approximate surface area is 134 Å². The van der Waals surface area contributed by atoms with Crippen molar-refractivity contribution in [2.45, 2.75) is 26.7 Å². The fourth-order valence-electron chi connectivity index (χ4n) is 2.36. The molecule has 0 radical (unpaired) electrons. The van der Waals surface area contributed by atoms with Crippen molar-refractivity contribution < 1.29 is 4.79 Å². The van der Waals surface area contributed by atoms with Crippen molar-refractivity contribution in [2.24, 2.45) is 0 Å². The Morgan fingerprint density at radius 2 is 1.91 bits per heavy atom. The maximum absolute atomic E-state index is 12.1. The smallest absolute Gasteiger partial charge is 0.226 e. The van der Waals surface area contributed by atoms with Crippen molar-refractivity contribution in [3.05, 3.63) is 59.2 Å². The van der Waals surface area contributed by atoms with Crippen LogP contribution in [0, 0.1) is 13.8 Å². The Balaban J connectivity index is 1.68. The number of amides is 1. The van der Waals surface area contributed by atoms with E-state index in [0.29, 0.717) is 11.6 Å². The topological polar surface area (TPSA) is 42.0 Å². The number of nitrogens with zero attached hydrogens (tertiary/aromatic N) is 1. The van der Waals surface area contributed by atoms with E-state index in [1.54, 1.807) is 0 Å². The lowest BCUT2D eigenvalue weighted by atomic mass is 10.1. The van der Waals surface area contributed by atoms with Crippen LogP contribution in [-0.2, 0) is 11.2 Å². The number of rotatable bonds is 4. The highest BCUT2D eigenvalue weighted by molar-refractivity contribution is 7.22. The quantitative estimate of drug-likeness (QED) is 0.771. The van der Waals surface area contributed by atoms with Crippen LogP contribution in [0.15, 0.2) is 42.5 Å². The third kappa shape index (κ3) is 3.17. The van der Waals surface area contributed by atoms with Crippen LogP contribution >= 0.6 is 11.3 Å². The molecule has 22 heavy (non-hydrogen) atoms. The molecular weight excluding hydrogens is 292 g/mol. The molecule has 0 spiro atoms. The normalized spacial score (nSPS) is 10.8. The predicted molar refractivity (Wildman–Crippen MR) is 92.5 cm³/mol. The first-order valence-corrected chi connectivity index (χ1v) is 8.15. The van der Waals surface area contributed by atoms with Crippen LogP contribution in [0.3, 0.4) is 0 Å². The van der Waals surface area contributed by atoms with Crippen LogP contribution in [-0.4, -0.2) is 10.9 Å². The van der Waals surface area contributed by atoms with Gasteiger partial charge in [-0.2, -0.15) is 0 Å². The number of fused-ring (bicyclic) bond motifs is 1. The molecule has 0 aliphatic carbocycles. The molecule has 1 amide bonds. The Morgan fingerprint density at radius 3 is 2.68 bits per heavy atom. The number of hydrogen-bond acceptors (Lipinski definition) is 3. The molecule has 3 rings (SSSR count). The summed E-state index contributed by atoms with van der Waals surface area (Å²) in [5, 5.41) is 3.60. The SMILES string of the molecule is Cc1ccc2sc(NC(=O)CCc3ccccc3)nc2c1C. The molecule has 1 heterocycles. The number of benzene rings is 2. The molecule has 1 N–H and O–H groups in total. The third-order valence-electron chi connectivity index (χ3n) is 3.81. The van der Waals surface area contributed by atoms with E-state index in [9.17, 15) is 4.79 Å². The zero-order chi connectivity index (χ0) is 15.5. The average molecular weight is 310 g/mol. The minimum absolute atomic E-state index is 0.0114. The molecule has 0 atom stereocenters. The molecule has 2 aromatic carbocycles. The zero-order valence-corrected chi connectivity index (χ0v) is 13.5. The largest absolute Gasteiger partial charge is 0.302 e. The van der Waals surface area contributed by atoms with Crippen LogP contribution in [0.1, 0.15) is 23.1 Å². The number of anilines is 1. The monoisotopic (exact) mass is 310 g/mol. The first-order valence-electron chi connectivity index (χ1n) is 7.34. The molecule has 3 aromatic rings. The van der Waals surface area contributed by atoms with E-state index in [-0.39, 0.29) is 5.91 Å². The lowest BCUT2D eigenvalue weighted by Crippen LogP contribution is -2.12. The van der Waals surface area contributed by atoms with Gasteiger partial charge in [-0.15, -0.1) is 0 Å². The lowest BCUT2D eigenvalue weighted by Gasteiger charge is -2.02. The van der Waals surface area contributed by atoms with Crippen molar-refractivity contribution in [3.8, 4) is 0 Å². The van der Waals surface area contributed by atoms with Crippen molar-refractivity contribution in [2.75, 3.05) is 5.32 Å². The summed E-state index contributed by atoms with van der Waals surface area (Å²) in [6, 6.07) is 14.2. The predicted octanol–water partition coefficient (Wildman–Crippen LogP) is 4.48. The summed E-state index contributed by atoms with van der Waals surface area (Å²) < 4.78 is 1.11. The number of nitrogens with one attached hydrogen (secondary N) is 1. The minimum atomic E-state index is 0.0114. The maximum Gasteiger partial charge on any atom is 0.226 e. The Hall–Kier alpha value is -2.20. The molecule has 0 saturated heterocycles. The van der Waals surface area contributed by atoms with Crippen LogP contribution in [0.2, 0.25) is 0 Å². The summed E-state index contributed by atoms with van der Waals surface area (Å²) in [6.07, 6.45) is 1.22. The Morgan fingerprint density at radius 1 is 1.14 bits per heavy atom. The fourth-order valence-corrected chi connectivity index (χ4v) is 3.31. The van der Waals surface area contributed by atoms with Gasteiger partial charge < -0.3 is 5.32 Å². The second-order valence-corrected chi connectivity index (χ2v) is 6.44. The van der Waals surface area contributed by atoms with Crippen molar-refractivity contribution in [1.29, 1.82) is 0 Å². The third-order valence-corrected chi connectivity index (χ3v) is 4.75. The lowest BCUT2D eigenvalue weighted by molar-refractivity contribution is -0.116. The Bertz CT molecular complexity index is 809. The highest BCUT2D eigenvalue weighted by atomic mass is 32.1. The molecular formula is C18H18N2OS. The maximum atomic E-state index is 12.1. The summed E-state index contributed by atoms with van der Waals surface area (Å²) in [4.78, 5) is 16.6.